The van der Waals surface area contributed by atoms with Crippen molar-refractivity contribution < 1.29 is 9.59 Å². The molecule has 7 nitrogen and oxygen atoms in total. The zero-order valence-corrected chi connectivity index (χ0v) is 19.2. The molecule has 0 aliphatic heterocycles. The summed E-state index contributed by atoms with van der Waals surface area (Å²) in [5.74, 6) is 0.227. The lowest BCUT2D eigenvalue weighted by atomic mass is 10.1. The van der Waals surface area contributed by atoms with Crippen LogP contribution in [0, 0.1) is 0 Å². The summed E-state index contributed by atoms with van der Waals surface area (Å²) >= 11 is 7.32. The predicted octanol–water partition coefficient (Wildman–Crippen LogP) is 4.59. The van der Waals surface area contributed by atoms with Gasteiger partial charge in [-0.3, -0.25) is 9.59 Å². The van der Waals surface area contributed by atoms with Crippen LogP contribution >= 0.6 is 23.4 Å². The summed E-state index contributed by atoms with van der Waals surface area (Å²) in [6.07, 6.45) is 2.58. The van der Waals surface area contributed by atoms with Gasteiger partial charge in [-0.15, -0.1) is 16.8 Å². The van der Waals surface area contributed by atoms with Gasteiger partial charge in [-0.1, -0.05) is 66.7 Å². The summed E-state index contributed by atoms with van der Waals surface area (Å²) in [4.78, 5) is 24.9. The Morgan fingerprint density at radius 3 is 2.47 bits per heavy atom. The molecule has 9 heteroatoms. The Kier molecular flexibility index (Phi) is 8.47. The first-order valence-electron chi connectivity index (χ1n) is 10.1. The Balaban J connectivity index is 1.64. The third kappa shape index (κ3) is 6.21. The fourth-order valence-electron chi connectivity index (χ4n) is 3.04. The van der Waals surface area contributed by atoms with Crippen LogP contribution in [-0.4, -0.2) is 32.3 Å². The Labute approximate surface area is 196 Å². The van der Waals surface area contributed by atoms with E-state index in [1.165, 1.54) is 11.8 Å². The average molecular weight is 470 g/mol. The Morgan fingerprint density at radius 2 is 1.75 bits per heavy atom. The molecule has 0 atom stereocenters. The van der Waals surface area contributed by atoms with Crippen LogP contribution in [0.5, 0.6) is 0 Å². The molecule has 0 bridgehead atoms. The topological polar surface area (TPSA) is 88.9 Å². The van der Waals surface area contributed by atoms with Crippen molar-refractivity contribution in [2.24, 2.45) is 0 Å². The molecule has 0 saturated carbocycles. The molecule has 2 N–H and O–H groups in total. The van der Waals surface area contributed by atoms with Crippen LogP contribution in [0.1, 0.15) is 18.3 Å². The monoisotopic (exact) mass is 469 g/mol. The van der Waals surface area contributed by atoms with Gasteiger partial charge in [0, 0.05) is 12.2 Å². The standard InChI is InChI=1S/C23H24ClN5O2S/c1-3-13-29-20(14-21(30)25-18-11-7-5-9-16(18)4-2)27-28-23(29)32-15-22(31)26-19-12-8-6-10-17(19)24/h3,5-12H,1,4,13-15H2,2H3,(H,25,30)(H,26,31). The second-order valence-corrected chi connectivity index (χ2v) is 8.20. The lowest BCUT2D eigenvalue weighted by molar-refractivity contribution is -0.116. The Morgan fingerprint density at radius 1 is 1.06 bits per heavy atom. The van der Waals surface area contributed by atoms with E-state index in [0.717, 1.165) is 17.7 Å². The largest absolute Gasteiger partial charge is 0.325 e. The van der Waals surface area contributed by atoms with Crippen molar-refractivity contribution in [3.8, 4) is 0 Å². The third-order valence-corrected chi connectivity index (χ3v) is 5.87. The lowest BCUT2D eigenvalue weighted by Crippen LogP contribution is -2.19. The number of halogens is 1. The van der Waals surface area contributed by atoms with E-state index in [9.17, 15) is 9.59 Å². The number of para-hydroxylation sites is 2. The third-order valence-electron chi connectivity index (χ3n) is 4.58. The first-order valence-corrected chi connectivity index (χ1v) is 11.5. The van der Waals surface area contributed by atoms with Crippen molar-refractivity contribution in [3.63, 3.8) is 0 Å². The Hall–Kier alpha value is -3.10. The molecule has 166 valence electrons. The van der Waals surface area contributed by atoms with Crippen LogP contribution in [0.4, 0.5) is 11.4 Å². The SMILES string of the molecule is C=CCn1c(CC(=O)Nc2ccccc2CC)nnc1SCC(=O)Nc1ccccc1Cl. The second-order valence-electron chi connectivity index (χ2n) is 6.85. The molecule has 32 heavy (non-hydrogen) atoms. The number of benzene rings is 2. The molecule has 3 rings (SSSR count). The van der Waals surface area contributed by atoms with Crippen LogP contribution in [0.15, 0.2) is 66.3 Å². The predicted molar refractivity (Wildman–Crippen MR) is 129 cm³/mol. The summed E-state index contributed by atoms with van der Waals surface area (Å²) in [6.45, 7) is 6.23. The maximum atomic E-state index is 12.6. The highest BCUT2D eigenvalue weighted by Gasteiger charge is 2.17. The molecule has 1 aromatic heterocycles. The number of hydrogen-bond donors (Lipinski definition) is 2. The zero-order chi connectivity index (χ0) is 22.9. The highest BCUT2D eigenvalue weighted by molar-refractivity contribution is 7.99. The smallest absolute Gasteiger partial charge is 0.234 e. The number of aryl methyl sites for hydroxylation is 1. The molecule has 2 aromatic carbocycles. The van der Waals surface area contributed by atoms with Crippen LogP contribution in [-0.2, 0) is 29.0 Å². The maximum Gasteiger partial charge on any atom is 0.234 e. The molecule has 2 amide bonds. The van der Waals surface area contributed by atoms with Gasteiger partial charge in [-0.2, -0.15) is 0 Å². The Bertz CT molecular complexity index is 1120. The van der Waals surface area contributed by atoms with Gasteiger partial charge < -0.3 is 15.2 Å². The minimum atomic E-state index is -0.216. The van der Waals surface area contributed by atoms with Crippen molar-refractivity contribution in [1.82, 2.24) is 14.8 Å². The van der Waals surface area contributed by atoms with E-state index in [1.54, 1.807) is 34.9 Å². The lowest BCUT2D eigenvalue weighted by Gasteiger charge is -2.11. The first-order chi connectivity index (χ1) is 15.5. The second kappa shape index (κ2) is 11.5. The number of aromatic nitrogens is 3. The van der Waals surface area contributed by atoms with Crippen LogP contribution < -0.4 is 10.6 Å². The number of amides is 2. The number of thioether (sulfide) groups is 1. The van der Waals surface area contributed by atoms with Crippen molar-refractivity contribution in [3.05, 3.63) is 77.6 Å². The number of carbonyl (C=O) groups is 2. The summed E-state index contributed by atoms with van der Waals surface area (Å²) < 4.78 is 1.78. The maximum absolute atomic E-state index is 12.6. The molecule has 0 spiro atoms. The molecule has 0 unspecified atom stereocenters. The minimum absolute atomic E-state index is 0.0608. The van der Waals surface area contributed by atoms with Crippen LogP contribution in [0.2, 0.25) is 5.02 Å². The van der Waals surface area contributed by atoms with Gasteiger partial charge >= 0.3 is 0 Å². The summed E-state index contributed by atoms with van der Waals surface area (Å²) in [7, 11) is 0. The summed E-state index contributed by atoms with van der Waals surface area (Å²) in [5.41, 5.74) is 2.41. The first kappa shape index (κ1) is 23.6. The zero-order valence-electron chi connectivity index (χ0n) is 17.7. The fourth-order valence-corrected chi connectivity index (χ4v) is 3.99. The van der Waals surface area contributed by atoms with Crippen molar-refractivity contribution >= 4 is 46.6 Å². The van der Waals surface area contributed by atoms with Crippen molar-refractivity contribution in [2.75, 3.05) is 16.4 Å². The molecular formula is C23H24ClN5O2S. The number of nitrogens with one attached hydrogen (secondary N) is 2. The van der Waals surface area contributed by atoms with Gasteiger partial charge in [-0.05, 0) is 30.2 Å². The van der Waals surface area contributed by atoms with Gasteiger partial charge in [0.2, 0.25) is 11.8 Å². The summed E-state index contributed by atoms with van der Waals surface area (Å²) in [6, 6.07) is 14.7. The summed E-state index contributed by atoms with van der Waals surface area (Å²) in [5, 5.41) is 15.1. The quantitative estimate of drug-likeness (QED) is 0.335. The van der Waals surface area contributed by atoms with E-state index in [1.807, 2.05) is 31.2 Å². The van der Waals surface area contributed by atoms with Gasteiger partial charge in [0.25, 0.3) is 0 Å². The molecule has 0 radical (unpaired) electrons. The number of hydrogen-bond acceptors (Lipinski definition) is 5. The van der Waals surface area contributed by atoms with Gasteiger partial charge in [0.1, 0.15) is 5.82 Å². The molecule has 0 saturated heterocycles. The molecule has 0 aliphatic rings. The fraction of sp³-hybridized carbons (Fsp3) is 0.217. The van der Waals surface area contributed by atoms with E-state index >= 15 is 0 Å². The molecular weight excluding hydrogens is 446 g/mol. The highest BCUT2D eigenvalue weighted by atomic mass is 35.5. The number of nitrogens with zero attached hydrogens (tertiary/aromatic N) is 3. The normalized spacial score (nSPS) is 10.6. The number of carbonyl (C=O) groups excluding carboxylic acids is 2. The number of allylic oxidation sites excluding steroid dienone is 1. The van der Waals surface area contributed by atoms with E-state index in [2.05, 4.69) is 27.4 Å². The highest BCUT2D eigenvalue weighted by Crippen LogP contribution is 2.22. The van der Waals surface area contributed by atoms with E-state index < -0.39 is 0 Å². The van der Waals surface area contributed by atoms with Crippen LogP contribution in [0.3, 0.4) is 0 Å². The van der Waals surface area contributed by atoms with E-state index in [0.29, 0.717) is 28.2 Å². The molecule has 0 aliphatic carbocycles. The van der Waals surface area contributed by atoms with Crippen molar-refractivity contribution in [2.45, 2.75) is 31.5 Å². The van der Waals surface area contributed by atoms with Crippen LogP contribution in [0.25, 0.3) is 0 Å². The average Bonchev–Trinajstić information content (AvgIpc) is 3.15. The molecule has 3 aromatic rings. The van der Waals surface area contributed by atoms with E-state index in [4.69, 9.17) is 11.6 Å². The van der Waals surface area contributed by atoms with Gasteiger partial charge in [0.15, 0.2) is 5.16 Å². The van der Waals surface area contributed by atoms with Gasteiger partial charge in [0.05, 0.1) is 22.9 Å². The minimum Gasteiger partial charge on any atom is -0.325 e. The molecule has 1 heterocycles. The van der Waals surface area contributed by atoms with Crippen molar-refractivity contribution in [1.29, 1.82) is 0 Å². The number of rotatable bonds is 10. The molecule has 0 fully saturated rings. The van der Waals surface area contributed by atoms with Gasteiger partial charge in [-0.25, -0.2) is 0 Å². The van der Waals surface area contributed by atoms with E-state index in [-0.39, 0.29) is 24.0 Å². The number of anilines is 2.